The maximum atomic E-state index is 11.2. The van der Waals surface area contributed by atoms with Crippen molar-refractivity contribution in [2.75, 3.05) is 0 Å². The summed E-state index contributed by atoms with van der Waals surface area (Å²) in [6.45, 7) is 1.59. The van der Waals surface area contributed by atoms with E-state index in [1.807, 2.05) is 12.1 Å². The molecule has 136 valence electrons. The number of carboxylic acid groups (broad SMARTS) is 1. The van der Waals surface area contributed by atoms with Gasteiger partial charge in [0.05, 0.1) is 8.95 Å². The topological polar surface area (TPSA) is 75.6 Å². The number of carbonyl (C=O) groups excluding carboxylic acids is 1. The minimum absolute atomic E-state index is 0.217. The third-order valence-corrected chi connectivity index (χ3v) is 4.60. The fourth-order valence-corrected chi connectivity index (χ4v) is 3.62. The van der Waals surface area contributed by atoms with E-state index < -0.39 is 11.9 Å². The number of hydrogen-bond donors (Lipinski definition) is 2. The lowest BCUT2D eigenvalue weighted by Gasteiger charge is -2.12. The van der Waals surface area contributed by atoms with Gasteiger partial charge in [0.1, 0.15) is 18.1 Å². The Bertz CT molecular complexity index is 843. The highest BCUT2D eigenvalue weighted by Gasteiger charge is 2.12. The van der Waals surface area contributed by atoms with E-state index in [1.165, 1.54) is 13.0 Å². The second-order valence-electron chi connectivity index (χ2n) is 5.27. The lowest BCUT2D eigenvalue weighted by Crippen LogP contribution is -2.24. The van der Waals surface area contributed by atoms with Gasteiger partial charge in [-0.1, -0.05) is 23.7 Å². The molecule has 0 aromatic heterocycles. The number of amides is 1. The van der Waals surface area contributed by atoms with E-state index in [0.717, 1.165) is 5.56 Å². The van der Waals surface area contributed by atoms with Crippen molar-refractivity contribution in [2.45, 2.75) is 13.5 Å². The van der Waals surface area contributed by atoms with Crippen LogP contribution in [0.15, 0.2) is 51.0 Å². The van der Waals surface area contributed by atoms with E-state index in [1.54, 1.807) is 24.3 Å². The number of aliphatic carboxylic acids is 1. The molecule has 26 heavy (non-hydrogen) atoms. The van der Waals surface area contributed by atoms with Crippen molar-refractivity contribution in [3.05, 3.63) is 67.2 Å². The van der Waals surface area contributed by atoms with Gasteiger partial charge in [0, 0.05) is 11.9 Å². The molecule has 0 saturated heterocycles. The molecule has 2 rings (SSSR count). The van der Waals surface area contributed by atoms with Crippen molar-refractivity contribution in [1.82, 2.24) is 5.32 Å². The van der Waals surface area contributed by atoms with Gasteiger partial charge in [-0.05, 0) is 73.3 Å². The molecule has 0 atom stereocenters. The Morgan fingerprint density at radius 1 is 1.19 bits per heavy atom. The van der Waals surface area contributed by atoms with E-state index in [9.17, 15) is 9.59 Å². The Kier molecular flexibility index (Phi) is 7.25. The van der Waals surface area contributed by atoms with Crippen LogP contribution < -0.4 is 10.1 Å². The third kappa shape index (κ3) is 5.86. The molecule has 2 aromatic carbocycles. The first kappa shape index (κ1) is 20.5. The van der Waals surface area contributed by atoms with Crippen LogP contribution in [0.1, 0.15) is 18.1 Å². The minimum atomic E-state index is -1.23. The second-order valence-corrected chi connectivity index (χ2v) is 7.42. The number of nitrogens with one attached hydrogen (secondary N) is 1. The van der Waals surface area contributed by atoms with Gasteiger partial charge >= 0.3 is 5.97 Å². The van der Waals surface area contributed by atoms with Gasteiger partial charge in [0.15, 0.2) is 0 Å². The van der Waals surface area contributed by atoms with Gasteiger partial charge in [-0.15, -0.1) is 0 Å². The fraction of sp³-hybridized carbons (Fsp3) is 0.111. The van der Waals surface area contributed by atoms with Crippen LogP contribution in [-0.4, -0.2) is 17.0 Å². The van der Waals surface area contributed by atoms with Crippen molar-refractivity contribution < 1.29 is 19.4 Å². The SMILES string of the molecule is CC(=O)NC(=Cc1cc(Br)c(OCc2ccc(Cl)cc2)c(Br)c1)C(=O)O. The molecule has 0 aliphatic heterocycles. The normalized spacial score (nSPS) is 11.2. The maximum Gasteiger partial charge on any atom is 0.352 e. The van der Waals surface area contributed by atoms with Crippen LogP contribution in [0.3, 0.4) is 0 Å². The molecule has 0 fully saturated rings. The molecule has 2 aromatic rings. The molecule has 0 radical (unpaired) electrons. The number of carbonyl (C=O) groups is 2. The number of benzene rings is 2. The average molecular weight is 504 g/mol. The lowest BCUT2D eigenvalue weighted by atomic mass is 10.2. The molecule has 1 amide bonds. The average Bonchev–Trinajstić information content (AvgIpc) is 2.54. The molecule has 0 aliphatic rings. The number of ether oxygens (including phenoxy) is 1. The summed E-state index contributed by atoms with van der Waals surface area (Å²) in [4.78, 5) is 22.3. The predicted octanol–water partition coefficient (Wildman–Crippen LogP) is 5.01. The van der Waals surface area contributed by atoms with Gasteiger partial charge < -0.3 is 15.2 Å². The molecule has 5 nitrogen and oxygen atoms in total. The Morgan fingerprint density at radius 3 is 2.27 bits per heavy atom. The fourth-order valence-electron chi connectivity index (χ4n) is 2.04. The number of rotatable bonds is 6. The van der Waals surface area contributed by atoms with Gasteiger partial charge in [0.25, 0.3) is 0 Å². The summed E-state index contributed by atoms with van der Waals surface area (Å²) < 4.78 is 7.10. The summed E-state index contributed by atoms with van der Waals surface area (Å²) in [7, 11) is 0. The Morgan fingerprint density at radius 2 is 1.77 bits per heavy atom. The van der Waals surface area contributed by atoms with Crippen molar-refractivity contribution in [1.29, 1.82) is 0 Å². The molecule has 0 unspecified atom stereocenters. The zero-order valence-corrected chi connectivity index (χ0v) is 17.5. The maximum absolute atomic E-state index is 11.2. The quantitative estimate of drug-likeness (QED) is 0.544. The zero-order chi connectivity index (χ0) is 19.3. The van der Waals surface area contributed by atoms with Crippen molar-refractivity contribution >= 4 is 61.4 Å². The minimum Gasteiger partial charge on any atom is -0.487 e. The summed E-state index contributed by atoms with van der Waals surface area (Å²) in [6, 6.07) is 10.7. The Labute approximate surface area is 172 Å². The van der Waals surface area contributed by atoms with Crippen LogP contribution in [0.5, 0.6) is 5.75 Å². The Balaban J connectivity index is 2.22. The first-order valence-corrected chi connectivity index (χ1v) is 9.31. The molecule has 0 heterocycles. The van der Waals surface area contributed by atoms with E-state index in [2.05, 4.69) is 37.2 Å². The first-order chi connectivity index (χ1) is 12.3. The highest BCUT2D eigenvalue weighted by molar-refractivity contribution is 9.11. The smallest absolute Gasteiger partial charge is 0.352 e. The highest BCUT2D eigenvalue weighted by atomic mass is 79.9. The van der Waals surface area contributed by atoms with Gasteiger partial charge in [-0.2, -0.15) is 0 Å². The lowest BCUT2D eigenvalue weighted by molar-refractivity contribution is -0.134. The summed E-state index contributed by atoms with van der Waals surface area (Å²) >= 11 is 12.7. The van der Waals surface area contributed by atoms with Gasteiger partial charge in [0.2, 0.25) is 5.91 Å². The molecule has 0 aliphatic carbocycles. The molecular formula is C18H14Br2ClNO4. The summed E-state index contributed by atoms with van der Waals surface area (Å²) in [5, 5.41) is 12.1. The monoisotopic (exact) mass is 501 g/mol. The van der Waals surface area contributed by atoms with E-state index in [-0.39, 0.29) is 5.70 Å². The zero-order valence-electron chi connectivity index (χ0n) is 13.6. The largest absolute Gasteiger partial charge is 0.487 e. The van der Waals surface area contributed by atoms with E-state index in [4.69, 9.17) is 21.4 Å². The van der Waals surface area contributed by atoms with Crippen LogP contribution in [0.25, 0.3) is 6.08 Å². The molecule has 0 bridgehead atoms. The van der Waals surface area contributed by atoms with Gasteiger partial charge in [-0.25, -0.2) is 4.79 Å². The van der Waals surface area contributed by atoms with Gasteiger partial charge in [-0.3, -0.25) is 4.79 Å². The number of carboxylic acids is 1. The van der Waals surface area contributed by atoms with Crippen LogP contribution in [0.4, 0.5) is 0 Å². The number of halogens is 3. The van der Waals surface area contributed by atoms with Crippen LogP contribution in [0.2, 0.25) is 5.02 Å². The predicted molar refractivity (Wildman–Crippen MR) is 107 cm³/mol. The highest BCUT2D eigenvalue weighted by Crippen LogP contribution is 2.36. The summed E-state index contributed by atoms with van der Waals surface area (Å²) in [6.07, 6.45) is 1.36. The number of hydrogen-bond acceptors (Lipinski definition) is 3. The van der Waals surface area contributed by atoms with Crippen molar-refractivity contribution in [3.8, 4) is 5.75 Å². The van der Waals surface area contributed by atoms with E-state index in [0.29, 0.717) is 31.9 Å². The molecule has 0 spiro atoms. The summed E-state index contributed by atoms with van der Waals surface area (Å²) in [5.41, 5.74) is 1.32. The van der Waals surface area contributed by atoms with Crippen molar-refractivity contribution in [2.24, 2.45) is 0 Å². The molecule has 2 N–H and O–H groups in total. The second kappa shape index (κ2) is 9.21. The van der Waals surface area contributed by atoms with Crippen LogP contribution >= 0.6 is 43.5 Å². The van der Waals surface area contributed by atoms with Crippen molar-refractivity contribution in [3.63, 3.8) is 0 Å². The van der Waals surface area contributed by atoms with Crippen LogP contribution in [-0.2, 0) is 16.2 Å². The van der Waals surface area contributed by atoms with E-state index >= 15 is 0 Å². The molecule has 8 heteroatoms. The van der Waals surface area contributed by atoms with Crippen LogP contribution in [0, 0.1) is 0 Å². The molecule has 0 saturated carbocycles. The Hall–Kier alpha value is -1.83. The third-order valence-electron chi connectivity index (χ3n) is 3.17. The summed E-state index contributed by atoms with van der Waals surface area (Å²) in [5.74, 6) is -1.11. The molecular weight excluding hydrogens is 489 g/mol. The standard InChI is InChI=1S/C18H14Br2ClNO4/c1-10(23)22-16(18(24)25)8-12-6-14(19)17(15(20)7-12)26-9-11-2-4-13(21)5-3-11/h2-8H,9H2,1H3,(H,22,23)(H,24,25). The first-order valence-electron chi connectivity index (χ1n) is 7.35.